The first-order valence-corrected chi connectivity index (χ1v) is 2.86. The summed E-state index contributed by atoms with van der Waals surface area (Å²) >= 11 is 0. The molecule has 1 aliphatic rings. The Kier molecular flexibility index (Phi) is 1.49. The van der Waals surface area contributed by atoms with Gasteiger partial charge in [0.05, 0.1) is 0 Å². The number of hydrogen-bond donors (Lipinski definition) is 2. The Morgan fingerprint density at radius 1 is 1.75 bits per heavy atom. The van der Waals surface area contributed by atoms with Crippen LogP contribution in [0.3, 0.4) is 0 Å². The summed E-state index contributed by atoms with van der Waals surface area (Å²) in [6.45, 7) is 1.36. The molecule has 0 aliphatic carbocycles. The van der Waals surface area contributed by atoms with Crippen molar-refractivity contribution in [3.63, 3.8) is 0 Å². The third-order valence-corrected chi connectivity index (χ3v) is 1.56. The van der Waals surface area contributed by atoms with Crippen LogP contribution in [0.2, 0.25) is 0 Å². The summed E-state index contributed by atoms with van der Waals surface area (Å²) in [6.07, 6.45) is 0.573. The highest BCUT2D eigenvalue weighted by Crippen LogP contribution is 2.16. The van der Waals surface area contributed by atoms with Crippen LogP contribution >= 0.6 is 0 Å². The van der Waals surface area contributed by atoms with E-state index in [4.69, 9.17) is 5.73 Å². The first kappa shape index (κ1) is 5.98. The highest BCUT2D eigenvalue weighted by atomic mass is 19.1. The van der Waals surface area contributed by atoms with Gasteiger partial charge in [0, 0.05) is 13.1 Å². The van der Waals surface area contributed by atoms with Gasteiger partial charge < -0.3 is 11.1 Å². The average molecular weight is 118 g/mol. The van der Waals surface area contributed by atoms with Crippen molar-refractivity contribution < 1.29 is 4.39 Å². The lowest BCUT2D eigenvalue weighted by molar-refractivity contribution is 0.201. The van der Waals surface area contributed by atoms with E-state index in [0.717, 1.165) is 6.54 Å². The van der Waals surface area contributed by atoms with E-state index in [-0.39, 0.29) is 6.54 Å². The molecule has 8 heavy (non-hydrogen) atoms. The Morgan fingerprint density at radius 2 is 2.50 bits per heavy atom. The lowest BCUT2D eigenvalue weighted by Crippen LogP contribution is -2.34. The van der Waals surface area contributed by atoms with Crippen LogP contribution in [-0.2, 0) is 0 Å². The SMILES string of the molecule is NC[C@]1(F)CCNC1. The molecule has 0 bridgehead atoms. The zero-order valence-electron chi connectivity index (χ0n) is 4.78. The molecule has 0 saturated carbocycles. The Hall–Kier alpha value is -0.150. The molecule has 1 aliphatic heterocycles. The number of hydrogen-bond acceptors (Lipinski definition) is 2. The van der Waals surface area contributed by atoms with Gasteiger partial charge in [0.2, 0.25) is 0 Å². The Morgan fingerprint density at radius 3 is 2.75 bits per heavy atom. The molecular weight excluding hydrogens is 107 g/mol. The summed E-state index contributed by atoms with van der Waals surface area (Å²) < 4.78 is 12.9. The van der Waals surface area contributed by atoms with Gasteiger partial charge in [-0.05, 0) is 13.0 Å². The summed E-state index contributed by atoms with van der Waals surface area (Å²) in [6, 6.07) is 0. The van der Waals surface area contributed by atoms with Crippen molar-refractivity contribution >= 4 is 0 Å². The van der Waals surface area contributed by atoms with E-state index in [1.165, 1.54) is 0 Å². The molecule has 1 rings (SSSR count). The maximum absolute atomic E-state index is 12.9. The van der Waals surface area contributed by atoms with Crippen molar-refractivity contribution in [3.05, 3.63) is 0 Å². The van der Waals surface area contributed by atoms with Crippen molar-refractivity contribution in [2.24, 2.45) is 5.73 Å². The van der Waals surface area contributed by atoms with Crippen LogP contribution in [0.25, 0.3) is 0 Å². The van der Waals surface area contributed by atoms with Crippen LogP contribution in [-0.4, -0.2) is 25.3 Å². The number of nitrogens with one attached hydrogen (secondary N) is 1. The minimum Gasteiger partial charge on any atom is -0.327 e. The zero-order chi connectivity index (χ0) is 6.04. The van der Waals surface area contributed by atoms with Crippen molar-refractivity contribution in [1.29, 1.82) is 0 Å². The standard InChI is InChI=1S/C5H11FN2/c6-5(3-7)1-2-8-4-5/h8H,1-4,7H2/t5-/m1/s1. The molecule has 0 radical (unpaired) electrons. The minimum absolute atomic E-state index is 0.153. The van der Waals surface area contributed by atoms with Gasteiger partial charge >= 0.3 is 0 Å². The Labute approximate surface area is 48.2 Å². The summed E-state index contributed by atoms with van der Waals surface area (Å²) in [5.41, 5.74) is 4.06. The number of alkyl halides is 1. The third kappa shape index (κ3) is 0.980. The van der Waals surface area contributed by atoms with Gasteiger partial charge in [-0.25, -0.2) is 4.39 Å². The normalized spacial score (nSPS) is 38.2. The molecular formula is C5H11FN2. The van der Waals surface area contributed by atoms with Gasteiger partial charge in [-0.3, -0.25) is 0 Å². The lowest BCUT2D eigenvalue weighted by Gasteiger charge is -2.13. The van der Waals surface area contributed by atoms with E-state index in [1.807, 2.05) is 0 Å². The molecule has 3 heteroatoms. The predicted molar refractivity (Wildman–Crippen MR) is 30.4 cm³/mol. The molecule has 0 aromatic carbocycles. The molecule has 1 saturated heterocycles. The molecule has 0 aromatic rings. The highest BCUT2D eigenvalue weighted by molar-refractivity contribution is 4.88. The van der Waals surface area contributed by atoms with Gasteiger partial charge in [0.1, 0.15) is 5.67 Å². The fourth-order valence-corrected chi connectivity index (χ4v) is 0.887. The second-order valence-corrected chi connectivity index (χ2v) is 2.28. The Balaban J connectivity index is 2.40. The fourth-order valence-electron chi connectivity index (χ4n) is 0.887. The molecule has 0 spiro atoms. The molecule has 1 heterocycles. The smallest absolute Gasteiger partial charge is 0.136 e. The van der Waals surface area contributed by atoms with Crippen molar-refractivity contribution in [1.82, 2.24) is 5.32 Å². The molecule has 3 N–H and O–H groups in total. The highest BCUT2D eigenvalue weighted by Gasteiger charge is 2.31. The molecule has 0 aromatic heterocycles. The lowest BCUT2D eigenvalue weighted by atomic mass is 10.1. The zero-order valence-corrected chi connectivity index (χ0v) is 4.78. The van der Waals surface area contributed by atoms with E-state index >= 15 is 0 Å². The van der Waals surface area contributed by atoms with Gasteiger partial charge in [-0.15, -0.1) is 0 Å². The minimum atomic E-state index is -1.10. The van der Waals surface area contributed by atoms with E-state index in [2.05, 4.69) is 5.32 Å². The molecule has 0 unspecified atom stereocenters. The van der Waals surface area contributed by atoms with E-state index in [1.54, 1.807) is 0 Å². The Bertz CT molecular complexity index is 78.5. The van der Waals surface area contributed by atoms with Crippen molar-refractivity contribution in [3.8, 4) is 0 Å². The van der Waals surface area contributed by atoms with Crippen LogP contribution in [0.15, 0.2) is 0 Å². The van der Waals surface area contributed by atoms with Crippen LogP contribution in [0, 0.1) is 0 Å². The molecule has 0 amide bonds. The number of nitrogens with two attached hydrogens (primary N) is 1. The van der Waals surface area contributed by atoms with Gasteiger partial charge in [-0.2, -0.15) is 0 Å². The third-order valence-electron chi connectivity index (χ3n) is 1.56. The topological polar surface area (TPSA) is 38.0 Å². The van der Waals surface area contributed by atoms with Gasteiger partial charge in [-0.1, -0.05) is 0 Å². The first-order chi connectivity index (χ1) is 3.77. The molecule has 1 atom stereocenters. The monoisotopic (exact) mass is 118 g/mol. The van der Waals surface area contributed by atoms with Crippen molar-refractivity contribution in [2.45, 2.75) is 12.1 Å². The second-order valence-electron chi connectivity index (χ2n) is 2.28. The summed E-state index contributed by atoms with van der Waals surface area (Å²) in [5.74, 6) is 0. The summed E-state index contributed by atoms with van der Waals surface area (Å²) in [4.78, 5) is 0. The van der Waals surface area contributed by atoms with E-state index in [0.29, 0.717) is 13.0 Å². The van der Waals surface area contributed by atoms with Gasteiger partial charge in [0.25, 0.3) is 0 Å². The maximum atomic E-state index is 12.9. The van der Waals surface area contributed by atoms with Gasteiger partial charge in [0.15, 0.2) is 0 Å². The number of halogens is 1. The van der Waals surface area contributed by atoms with Crippen LogP contribution < -0.4 is 11.1 Å². The predicted octanol–water partition coefficient (Wildman–Crippen LogP) is -0.353. The van der Waals surface area contributed by atoms with E-state index in [9.17, 15) is 4.39 Å². The van der Waals surface area contributed by atoms with E-state index < -0.39 is 5.67 Å². The molecule has 1 fully saturated rings. The molecule has 2 nitrogen and oxygen atoms in total. The molecule has 48 valence electrons. The van der Waals surface area contributed by atoms with Crippen molar-refractivity contribution in [2.75, 3.05) is 19.6 Å². The largest absolute Gasteiger partial charge is 0.327 e. The maximum Gasteiger partial charge on any atom is 0.136 e. The van der Waals surface area contributed by atoms with Crippen LogP contribution in [0.4, 0.5) is 4.39 Å². The fraction of sp³-hybridized carbons (Fsp3) is 1.00. The quantitative estimate of drug-likeness (QED) is 0.493. The second kappa shape index (κ2) is 1.99. The van der Waals surface area contributed by atoms with Crippen LogP contribution in [0.5, 0.6) is 0 Å². The number of rotatable bonds is 1. The summed E-state index contributed by atoms with van der Waals surface area (Å²) in [5, 5.41) is 2.91. The first-order valence-electron chi connectivity index (χ1n) is 2.86. The van der Waals surface area contributed by atoms with Crippen LogP contribution in [0.1, 0.15) is 6.42 Å². The average Bonchev–Trinajstić information content (AvgIpc) is 2.17. The summed E-state index contributed by atoms with van der Waals surface area (Å²) in [7, 11) is 0.